The van der Waals surface area contributed by atoms with Gasteiger partial charge in [0.25, 0.3) is 5.56 Å². The number of carbonyl (C=O) groups is 2. The predicted octanol–water partition coefficient (Wildman–Crippen LogP) is -0.0830. The van der Waals surface area contributed by atoms with Crippen LogP contribution in [0.3, 0.4) is 0 Å². The number of rotatable bonds is 3. The highest BCUT2D eigenvalue weighted by molar-refractivity contribution is 6.39. The molecule has 1 atom stereocenters. The van der Waals surface area contributed by atoms with E-state index in [2.05, 4.69) is 15.6 Å². The Morgan fingerprint density at radius 2 is 2.20 bits per heavy atom. The maximum atomic E-state index is 11.6. The number of aryl methyl sites for hydroxylation is 1. The number of H-pyrrole nitrogens is 1. The largest absolute Gasteiger partial charge is 0.376 e. The molecule has 2 rings (SSSR count). The van der Waals surface area contributed by atoms with Gasteiger partial charge in [-0.05, 0) is 31.9 Å². The molecule has 1 saturated heterocycles. The summed E-state index contributed by atoms with van der Waals surface area (Å²) in [5.41, 5.74) is 0.286. The highest BCUT2D eigenvalue weighted by atomic mass is 16.5. The number of carbonyl (C=O) groups excluding carboxylic acids is 2. The normalized spacial score (nSPS) is 17.8. The Labute approximate surface area is 115 Å². The highest BCUT2D eigenvalue weighted by Crippen LogP contribution is 2.10. The summed E-state index contributed by atoms with van der Waals surface area (Å²) in [5.74, 6) is -1.64. The van der Waals surface area contributed by atoms with E-state index in [1.165, 1.54) is 6.07 Å². The molecule has 108 valence electrons. The zero-order chi connectivity index (χ0) is 14.5. The lowest BCUT2D eigenvalue weighted by molar-refractivity contribution is -0.136. The average molecular weight is 279 g/mol. The van der Waals surface area contributed by atoms with E-state index in [1.807, 2.05) is 0 Å². The topological polar surface area (TPSA) is 100 Å². The summed E-state index contributed by atoms with van der Waals surface area (Å²) in [5, 5.41) is 4.76. The number of amides is 2. The van der Waals surface area contributed by atoms with Crippen molar-refractivity contribution in [3.05, 3.63) is 28.2 Å². The van der Waals surface area contributed by atoms with Crippen molar-refractivity contribution in [1.29, 1.82) is 0 Å². The molecule has 1 fully saturated rings. The van der Waals surface area contributed by atoms with Crippen molar-refractivity contribution in [3.8, 4) is 0 Å². The minimum Gasteiger partial charge on any atom is -0.376 e. The van der Waals surface area contributed by atoms with Gasteiger partial charge in [0.2, 0.25) is 0 Å². The second-order valence-corrected chi connectivity index (χ2v) is 4.68. The fraction of sp³-hybridized carbons (Fsp3) is 0.462. The summed E-state index contributed by atoms with van der Waals surface area (Å²) in [6.07, 6.45) is 1.81. The molecular formula is C13H17N3O4. The van der Waals surface area contributed by atoms with Crippen molar-refractivity contribution < 1.29 is 14.3 Å². The van der Waals surface area contributed by atoms with E-state index in [4.69, 9.17) is 4.74 Å². The molecule has 0 aromatic carbocycles. The second-order valence-electron chi connectivity index (χ2n) is 4.68. The number of ether oxygens (including phenoxy) is 1. The first-order valence-corrected chi connectivity index (χ1v) is 6.47. The third kappa shape index (κ3) is 3.67. The number of nitrogens with one attached hydrogen (secondary N) is 3. The van der Waals surface area contributed by atoms with E-state index < -0.39 is 17.4 Å². The van der Waals surface area contributed by atoms with E-state index in [1.54, 1.807) is 13.0 Å². The Morgan fingerprint density at radius 1 is 1.40 bits per heavy atom. The van der Waals surface area contributed by atoms with Gasteiger partial charge in [0, 0.05) is 18.8 Å². The fourth-order valence-electron chi connectivity index (χ4n) is 1.94. The van der Waals surface area contributed by atoms with Crippen molar-refractivity contribution in [1.82, 2.24) is 10.3 Å². The van der Waals surface area contributed by atoms with E-state index in [-0.39, 0.29) is 11.8 Å². The lowest BCUT2D eigenvalue weighted by Crippen LogP contribution is -2.40. The summed E-state index contributed by atoms with van der Waals surface area (Å²) in [6.45, 7) is 2.71. The van der Waals surface area contributed by atoms with Crippen LogP contribution in [0.4, 0.5) is 5.69 Å². The number of hydrogen-bond donors (Lipinski definition) is 3. The Bertz CT molecular complexity index is 561. The second kappa shape index (κ2) is 6.33. The molecule has 7 nitrogen and oxygen atoms in total. The monoisotopic (exact) mass is 279 g/mol. The van der Waals surface area contributed by atoms with Gasteiger partial charge in [-0.15, -0.1) is 0 Å². The van der Waals surface area contributed by atoms with Crippen molar-refractivity contribution >= 4 is 17.5 Å². The Hall–Kier alpha value is -2.15. The Kier molecular flexibility index (Phi) is 4.52. The van der Waals surface area contributed by atoms with Crippen LogP contribution in [0.5, 0.6) is 0 Å². The Balaban J connectivity index is 1.87. The van der Waals surface area contributed by atoms with Gasteiger partial charge in [0.05, 0.1) is 6.10 Å². The van der Waals surface area contributed by atoms with Gasteiger partial charge in [-0.3, -0.25) is 14.4 Å². The molecule has 20 heavy (non-hydrogen) atoms. The molecular weight excluding hydrogens is 262 g/mol. The molecule has 0 saturated carbocycles. The molecule has 1 aromatic heterocycles. The first-order chi connectivity index (χ1) is 9.56. The highest BCUT2D eigenvalue weighted by Gasteiger charge is 2.19. The fourth-order valence-corrected chi connectivity index (χ4v) is 1.94. The van der Waals surface area contributed by atoms with Crippen molar-refractivity contribution in [2.75, 3.05) is 18.5 Å². The molecule has 7 heteroatoms. The smallest absolute Gasteiger partial charge is 0.313 e. The molecule has 1 aliphatic heterocycles. The van der Waals surface area contributed by atoms with Crippen LogP contribution in [0.25, 0.3) is 0 Å². The summed E-state index contributed by atoms with van der Waals surface area (Å²) in [6, 6.07) is 3.10. The third-order valence-electron chi connectivity index (χ3n) is 3.02. The van der Waals surface area contributed by atoms with E-state index in [0.717, 1.165) is 12.8 Å². The first kappa shape index (κ1) is 14.3. The van der Waals surface area contributed by atoms with Gasteiger partial charge in [0.15, 0.2) is 0 Å². The minimum atomic E-state index is -0.864. The Morgan fingerprint density at radius 3 is 2.85 bits per heavy atom. The van der Waals surface area contributed by atoms with Crippen LogP contribution in [0, 0.1) is 6.92 Å². The van der Waals surface area contributed by atoms with Crippen LogP contribution in [-0.2, 0) is 14.3 Å². The molecule has 2 amide bonds. The van der Waals surface area contributed by atoms with Crippen LogP contribution in [-0.4, -0.2) is 36.1 Å². The molecule has 3 N–H and O–H groups in total. The van der Waals surface area contributed by atoms with Crippen LogP contribution in [0.2, 0.25) is 0 Å². The number of aromatic nitrogens is 1. The zero-order valence-corrected chi connectivity index (χ0v) is 11.2. The maximum absolute atomic E-state index is 11.6. The number of anilines is 1. The quantitative estimate of drug-likeness (QED) is 0.673. The number of hydrogen-bond acceptors (Lipinski definition) is 4. The van der Waals surface area contributed by atoms with Crippen LogP contribution in [0.1, 0.15) is 18.5 Å². The molecule has 0 bridgehead atoms. The van der Waals surface area contributed by atoms with Crippen molar-refractivity contribution in [2.45, 2.75) is 25.9 Å². The number of aromatic amines is 1. The average Bonchev–Trinajstić information content (AvgIpc) is 2.92. The van der Waals surface area contributed by atoms with Gasteiger partial charge in [-0.2, -0.15) is 0 Å². The van der Waals surface area contributed by atoms with Gasteiger partial charge in [-0.1, -0.05) is 0 Å². The van der Waals surface area contributed by atoms with Crippen LogP contribution < -0.4 is 16.2 Å². The molecule has 0 unspecified atom stereocenters. The third-order valence-corrected chi connectivity index (χ3v) is 3.02. The van der Waals surface area contributed by atoms with Gasteiger partial charge >= 0.3 is 11.8 Å². The van der Waals surface area contributed by atoms with Crippen molar-refractivity contribution in [3.63, 3.8) is 0 Å². The van der Waals surface area contributed by atoms with Gasteiger partial charge < -0.3 is 20.4 Å². The van der Waals surface area contributed by atoms with Crippen LogP contribution >= 0.6 is 0 Å². The van der Waals surface area contributed by atoms with E-state index in [0.29, 0.717) is 18.8 Å². The van der Waals surface area contributed by atoms with E-state index >= 15 is 0 Å². The SMILES string of the molecule is Cc1ccc(NC(=O)C(=O)NC[C@H]2CCCO2)c(=O)[nH]1. The summed E-state index contributed by atoms with van der Waals surface area (Å²) in [7, 11) is 0. The maximum Gasteiger partial charge on any atom is 0.313 e. The summed E-state index contributed by atoms with van der Waals surface area (Å²) in [4.78, 5) is 37.3. The van der Waals surface area contributed by atoms with E-state index in [9.17, 15) is 14.4 Å². The number of pyridine rings is 1. The van der Waals surface area contributed by atoms with Gasteiger partial charge in [-0.25, -0.2) is 0 Å². The van der Waals surface area contributed by atoms with Crippen LogP contribution in [0.15, 0.2) is 16.9 Å². The summed E-state index contributed by atoms with van der Waals surface area (Å²) < 4.78 is 5.33. The minimum absolute atomic E-state index is 0.0328. The molecule has 0 radical (unpaired) electrons. The molecule has 0 aliphatic carbocycles. The molecule has 2 heterocycles. The summed E-state index contributed by atoms with van der Waals surface area (Å²) >= 11 is 0. The predicted molar refractivity (Wildman–Crippen MR) is 72.4 cm³/mol. The lowest BCUT2D eigenvalue weighted by atomic mass is 10.2. The van der Waals surface area contributed by atoms with Gasteiger partial charge in [0.1, 0.15) is 5.69 Å². The molecule has 0 spiro atoms. The molecule has 1 aliphatic rings. The van der Waals surface area contributed by atoms with Crippen molar-refractivity contribution in [2.24, 2.45) is 0 Å². The standard InChI is InChI=1S/C13H17N3O4/c1-8-4-5-10(11(17)15-8)16-13(19)12(18)14-7-9-3-2-6-20-9/h4-5,9H,2-3,6-7H2,1H3,(H,14,18)(H,15,17)(H,16,19)/t9-/m1/s1. The lowest BCUT2D eigenvalue weighted by Gasteiger charge is -2.10. The first-order valence-electron chi connectivity index (χ1n) is 6.47. The molecule has 1 aromatic rings. The zero-order valence-electron chi connectivity index (χ0n) is 11.2.